The van der Waals surface area contributed by atoms with E-state index in [1.807, 2.05) is 19.1 Å². The lowest BCUT2D eigenvalue weighted by Gasteiger charge is -2.37. The van der Waals surface area contributed by atoms with Crippen LogP contribution in [0.25, 0.3) is 0 Å². The van der Waals surface area contributed by atoms with Crippen molar-refractivity contribution in [2.45, 2.75) is 19.9 Å². The van der Waals surface area contributed by atoms with Crippen LogP contribution in [0.1, 0.15) is 24.5 Å². The summed E-state index contributed by atoms with van der Waals surface area (Å²) in [6.07, 6.45) is 3.59. The average Bonchev–Trinajstić information content (AvgIpc) is 3.26. The Hall–Kier alpha value is -2.65. The van der Waals surface area contributed by atoms with Crippen LogP contribution in [-0.4, -0.2) is 91.3 Å². The Bertz CT molecular complexity index is 827. The number of furan rings is 1. The van der Waals surface area contributed by atoms with E-state index in [0.29, 0.717) is 6.54 Å². The normalized spacial score (nSPS) is 19.5. The maximum absolute atomic E-state index is 5.99. The third-order valence-electron chi connectivity index (χ3n) is 5.74. The van der Waals surface area contributed by atoms with Gasteiger partial charge in [0.2, 0.25) is 5.95 Å². The van der Waals surface area contributed by atoms with Gasteiger partial charge < -0.3 is 24.3 Å². The van der Waals surface area contributed by atoms with Gasteiger partial charge in [0.25, 0.3) is 0 Å². The minimum Gasteiger partial charge on any atom is -0.465 e. The number of anilines is 1. The number of aliphatic imine (C=N–C) groups is 1. The molecule has 4 heterocycles. The molecule has 31 heavy (non-hydrogen) atoms. The summed E-state index contributed by atoms with van der Waals surface area (Å²) in [6.45, 7) is 12.4. The maximum Gasteiger partial charge on any atom is 0.225 e. The summed E-state index contributed by atoms with van der Waals surface area (Å²) in [6, 6.07) is 6.07. The van der Waals surface area contributed by atoms with Crippen LogP contribution in [0.4, 0.5) is 5.95 Å². The van der Waals surface area contributed by atoms with E-state index in [4.69, 9.17) is 14.1 Å². The molecule has 2 aliphatic rings. The SMILES string of the molecule is CCNC(=NCC(c1ccc(C)o1)N1CCOCC1)N1CCN(c2ncccn2)CC1. The summed E-state index contributed by atoms with van der Waals surface area (Å²) < 4.78 is 11.5. The molecule has 0 spiro atoms. The van der Waals surface area contributed by atoms with Gasteiger partial charge in [0, 0.05) is 58.2 Å². The molecule has 0 aliphatic carbocycles. The van der Waals surface area contributed by atoms with Crippen LogP contribution in [0.15, 0.2) is 40.0 Å². The van der Waals surface area contributed by atoms with Crippen molar-refractivity contribution in [2.24, 2.45) is 4.99 Å². The summed E-state index contributed by atoms with van der Waals surface area (Å²) in [5.74, 6) is 3.66. The molecule has 2 saturated heterocycles. The first-order chi connectivity index (χ1) is 15.2. The van der Waals surface area contributed by atoms with Gasteiger partial charge >= 0.3 is 0 Å². The van der Waals surface area contributed by atoms with Crippen LogP contribution in [0.5, 0.6) is 0 Å². The van der Waals surface area contributed by atoms with Crippen LogP contribution >= 0.6 is 0 Å². The zero-order chi connectivity index (χ0) is 21.5. The topological polar surface area (TPSA) is 82.3 Å². The van der Waals surface area contributed by atoms with E-state index in [2.05, 4.69) is 43.0 Å². The molecule has 1 unspecified atom stereocenters. The molecule has 168 valence electrons. The van der Waals surface area contributed by atoms with Crippen molar-refractivity contribution in [1.82, 2.24) is 25.1 Å². The molecule has 0 bridgehead atoms. The van der Waals surface area contributed by atoms with Crippen molar-refractivity contribution >= 4 is 11.9 Å². The fourth-order valence-electron chi connectivity index (χ4n) is 4.08. The number of aryl methyl sites for hydroxylation is 1. The third-order valence-corrected chi connectivity index (χ3v) is 5.74. The first kappa shape index (κ1) is 21.6. The molecular formula is C22H33N7O2. The summed E-state index contributed by atoms with van der Waals surface area (Å²) in [5, 5.41) is 3.47. The quantitative estimate of drug-likeness (QED) is 0.549. The second kappa shape index (κ2) is 10.6. The van der Waals surface area contributed by atoms with E-state index in [1.165, 1.54) is 0 Å². The molecule has 2 aromatic rings. The molecule has 2 fully saturated rings. The van der Waals surface area contributed by atoms with Gasteiger partial charge in [-0.25, -0.2) is 9.97 Å². The number of aromatic nitrogens is 2. The lowest BCUT2D eigenvalue weighted by molar-refractivity contribution is 0.0135. The van der Waals surface area contributed by atoms with Gasteiger partial charge in [-0.15, -0.1) is 0 Å². The summed E-state index contributed by atoms with van der Waals surface area (Å²) in [4.78, 5) is 20.8. The standard InChI is InChI=1S/C22H33N7O2/c1-3-23-21(28-9-11-29(12-10-28)22-24-7-4-8-25-22)26-17-19(20-6-5-18(2)31-20)27-13-15-30-16-14-27/h4-8,19H,3,9-17H2,1-2H3,(H,23,26). The molecule has 1 atom stereocenters. The first-order valence-electron chi connectivity index (χ1n) is 11.2. The monoisotopic (exact) mass is 427 g/mol. The summed E-state index contributed by atoms with van der Waals surface area (Å²) >= 11 is 0. The molecule has 1 N–H and O–H groups in total. The van der Waals surface area contributed by atoms with Gasteiger partial charge in [0.1, 0.15) is 11.5 Å². The second-order valence-electron chi connectivity index (χ2n) is 7.83. The third kappa shape index (κ3) is 5.54. The Balaban J connectivity index is 1.44. The van der Waals surface area contributed by atoms with E-state index in [0.717, 1.165) is 82.5 Å². The predicted molar refractivity (Wildman–Crippen MR) is 120 cm³/mol. The van der Waals surface area contributed by atoms with Crippen molar-refractivity contribution in [3.8, 4) is 0 Å². The lowest BCUT2D eigenvalue weighted by Crippen LogP contribution is -2.53. The number of rotatable bonds is 6. The highest BCUT2D eigenvalue weighted by Crippen LogP contribution is 2.24. The van der Waals surface area contributed by atoms with Gasteiger partial charge in [-0.1, -0.05) is 0 Å². The molecule has 2 aromatic heterocycles. The van der Waals surface area contributed by atoms with E-state index in [-0.39, 0.29) is 6.04 Å². The Morgan fingerprint density at radius 2 is 1.84 bits per heavy atom. The van der Waals surface area contributed by atoms with Crippen molar-refractivity contribution < 1.29 is 9.15 Å². The summed E-state index contributed by atoms with van der Waals surface area (Å²) in [5.41, 5.74) is 0. The largest absolute Gasteiger partial charge is 0.465 e. The number of morpholine rings is 1. The number of ether oxygens (including phenoxy) is 1. The highest BCUT2D eigenvalue weighted by Gasteiger charge is 2.26. The van der Waals surface area contributed by atoms with E-state index in [9.17, 15) is 0 Å². The highest BCUT2D eigenvalue weighted by molar-refractivity contribution is 5.80. The molecule has 2 aliphatic heterocycles. The van der Waals surface area contributed by atoms with Crippen LogP contribution in [0.2, 0.25) is 0 Å². The molecule has 0 radical (unpaired) electrons. The fourth-order valence-corrected chi connectivity index (χ4v) is 4.08. The lowest BCUT2D eigenvalue weighted by atomic mass is 10.1. The van der Waals surface area contributed by atoms with Gasteiger partial charge in [-0.05, 0) is 32.0 Å². The fraction of sp³-hybridized carbons (Fsp3) is 0.591. The van der Waals surface area contributed by atoms with Crippen molar-refractivity contribution in [3.63, 3.8) is 0 Å². The van der Waals surface area contributed by atoms with E-state index >= 15 is 0 Å². The van der Waals surface area contributed by atoms with Crippen LogP contribution in [-0.2, 0) is 4.74 Å². The van der Waals surface area contributed by atoms with Crippen LogP contribution < -0.4 is 10.2 Å². The predicted octanol–water partition coefficient (Wildman–Crippen LogP) is 1.54. The van der Waals surface area contributed by atoms with Crippen molar-refractivity contribution in [1.29, 1.82) is 0 Å². The number of guanidine groups is 1. The minimum atomic E-state index is 0.116. The zero-order valence-electron chi connectivity index (χ0n) is 18.5. The Labute approximate surface area is 184 Å². The zero-order valence-corrected chi connectivity index (χ0v) is 18.5. The van der Waals surface area contributed by atoms with E-state index < -0.39 is 0 Å². The van der Waals surface area contributed by atoms with Gasteiger partial charge in [-0.2, -0.15) is 0 Å². The first-order valence-corrected chi connectivity index (χ1v) is 11.2. The second-order valence-corrected chi connectivity index (χ2v) is 7.83. The Morgan fingerprint density at radius 3 is 2.48 bits per heavy atom. The number of hydrogen-bond donors (Lipinski definition) is 1. The smallest absolute Gasteiger partial charge is 0.225 e. The molecule has 9 heteroatoms. The molecule has 9 nitrogen and oxygen atoms in total. The Kier molecular flexibility index (Phi) is 7.37. The highest BCUT2D eigenvalue weighted by atomic mass is 16.5. The van der Waals surface area contributed by atoms with Gasteiger partial charge in [0.15, 0.2) is 5.96 Å². The molecule has 0 saturated carbocycles. The van der Waals surface area contributed by atoms with Crippen LogP contribution in [0, 0.1) is 6.92 Å². The molecule has 4 rings (SSSR count). The maximum atomic E-state index is 5.99. The van der Waals surface area contributed by atoms with E-state index in [1.54, 1.807) is 12.4 Å². The summed E-state index contributed by atoms with van der Waals surface area (Å²) in [7, 11) is 0. The van der Waals surface area contributed by atoms with Crippen molar-refractivity contribution in [3.05, 3.63) is 42.1 Å². The Morgan fingerprint density at radius 1 is 1.10 bits per heavy atom. The van der Waals surface area contributed by atoms with Crippen LogP contribution in [0.3, 0.4) is 0 Å². The van der Waals surface area contributed by atoms with Crippen molar-refractivity contribution in [2.75, 3.05) is 70.5 Å². The number of piperazine rings is 1. The number of nitrogens with one attached hydrogen (secondary N) is 1. The molecule has 0 aromatic carbocycles. The minimum absolute atomic E-state index is 0.116. The van der Waals surface area contributed by atoms with Gasteiger partial charge in [0.05, 0.1) is 25.8 Å². The number of hydrogen-bond acceptors (Lipinski definition) is 7. The number of nitrogens with zero attached hydrogens (tertiary/aromatic N) is 6. The average molecular weight is 428 g/mol. The molecule has 0 amide bonds. The molecular weight excluding hydrogens is 394 g/mol. The van der Waals surface area contributed by atoms with Gasteiger partial charge in [-0.3, -0.25) is 9.89 Å².